The molecule has 4 heteroatoms. The first-order valence-corrected chi connectivity index (χ1v) is 9.26. The Bertz CT molecular complexity index is 597. The van der Waals surface area contributed by atoms with Crippen LogP contribution in [0.2, 0.25) is 5.02 Å². The molecule has 0 heterocycles. The highest BCUT2D eigenvalue weighted by Gasteiger charge is 2.30. The van der Waals surface area contributed by atoms with E-state index in [-0.39, 0.29) is 5.41 Å². The molecule has 0 aliphatic carbocycles. The van der Waals surface area contributed by atoms with Gasteiger partial charge in [0.25, 0.3) is 0 Å². The number of halogens is 3. The molecule has 0 amide bonds. The van der Waals surface area contributed by atoms with Crippen LogP contribution in [0.5, 0.6) is 5.75 Å². The first kappa shape index (κ1) is 16.9. The van der Waals surface area contributed by atoms with Crippen LogP contribution in [0.3, 0.4) is 0 Å². The van der Waals surface area contributed by atoms with Gasteiger partial charge in [-0.2, -0.15) is 0 Å². The van der Waals surface area contributed by atoms with Gasteiger partial charge in [-0.05, 0) is 41.8 Å². The monoisotopic (exact) mass is 430 g/mol. The summed E-state index contributed by atoms with van der Waals surface area (Å²) in [7, 11) is 1.69. The molecule has 2 rings (SSSR count). The van der Waals surface area contributed by atoms with Gasteiger partial charge in [-0.25, -0.2) is 0 Å². The first-order valence-electron chi connectivity index (χ1n) is 6.64. The van der Waals surface area contributed by atoms with E-state index in [0.717, 1.165) is 27.9 Å². The van der Waals surface area contributed by atoms with Crippen LogP contribution in [0.1, 0.15) is 11.1 Å². The highest BCUT2D eigenvalue weighted by atomic mass is 79.9. The van der Waals surface area contributed by atoms with Gasteiger partial charge in [-0.3, -0.25) is 0 Å². The Labute approximate surface area is 147 Å². The molecule has 2 aromatic rings. The van der Waals surface area contributed by atoms with E-state index in [1.165, 1.54) is 11.1 Å². The van der Waals surface area contributed by atoms with Gasteiger partial charge in [-0.15, -0.1) is 0 Å². The van der Waals surface area contributed by atoms with Gasteiger partial charge in [0.05, 0.1) is 7.11 Å². The van der Waals surface area contributed by atoms with Crippen molar-refractivity contribution in [3.8, 4) is 5.75 Å². The second kappa shape index (κ2) is 7.66. The van der Waals surface area contributed by atoms with Gasteiger partial charge < -0.3 is 4.74 Å². The number of methoxy groups -OCH3 is 1. The van der Waals surface area contributed by atoms with Crippen LogP contribution in [-0.2, 0) is 11.8 Å². The third kappa shape index (κ3) is 4.02. The first-order chi connectivity index (χ1) is 10.1. The Morgan fingerprint density at radius 1 is 1.05 bits per heavy atom. The maximum atomic E-state index is 6.16. The second-order valence-corrected chi connectivity index (χ2v) is 6.64. The van der Waals surface area contributed by atoms with E-state index in [9.17, 15) is 0 Å². The van der Waals surface area contributed by atoms with Crippen LogP contribution >= 0.6 is 43.5 Å². The van der Waals surface area contributed by atoms with E-state index < -0.39 is 0 Å². The molecule has 0 aliphatic heterocycles. The lowest BCUT2D eigenvalue weighted by Crippen LogP contribution is -2.33. The molecule has 0 spiro atoms. The summed E-state index contributed by atoms with van der Waals surface area (Å²) in [6, 6.07) is 16.3. The van der Waals surface area contributed by atoms with E-state index in [1.807, 2.05) is 30.3 Å². The lowest BCUT2D eigenvalue weighted by molar-refractivity contribution is 0.413. The molecule has 2 aromatic carbocycles. The average Bonchev–Trinajstić information content (AvgIpc) is 2.53. The van der Waals surface area contributed by atoms with Crippen LogP contribution in [-0.4, -0.2) is 17.8 Å². The summed E-state index contributed by atoms with van der Waals surface area (Å²) in [5.74, 6) is 0.886. The molecule has 0 radical (unpaired) electrons. The maximum absolute atomic E-state index is 6.16. The van der Waals surface area contributed by atoms with Gasteiger partial charge >= 0.3 is 0 Å². The summed E-state index contributed by atoms with van der Waals surface area (Å²) >= 11 is 13.5. The number of hydrogen-bond acceptors (Lipinski definition) is 1. The van der Waals surface area contributed by atoms with Crippen molar-refractivity contribution in [1.29, 1.82) is 0 Å². The third-order valence-corrected chi connectivity index (χ3v) is 6.01. The molecular weight excluding hydrogens is 415 g/mol. The highest BCUT2D eigenvalue weighted by molar-refractivity contribution is 9.09. The number of rotatable bonds is 6. The molecule has 0 aromatic heterocycles. The van der Waals surface area contributed by atoms with Crippen LogP contribution in [0.25, 0.3) is 0 Å². The van der Waals surface area contributed by atoms with Gasteiger partial charge in [0, 0.05) is 21.1 Å². The maximum Gasteiger partial charge on any atom is 0.119 e. The molecule has 0 fully saturated rings. The molecule has 0 bridgehead atoms. The summed E-state index contributed by atoms with van der Waals surface area (Å²) in [5.41, 5.74) is 2.43. The molecule has 1 nitrogen and oxygen atoms in total. The zero-order valence-electron chi connectivity index (χ0n) is 11.8. The van der Waals surface area contributed by atoms with E-state index in [4.69, 9.17) is 16.3 Å². The predicted octanol–water partition coefficient (Wildman–Crippen LogP) is 5.62. The molecule has 21 heavy (non-hydrogen) atoms. The molecule has 0 aliphatic rings. The molecule has 0 saturated carbocycles. The van der Waals surface area contributed by atoms with Crippen LogP contribution in [0.15, 0.2) is 48.5 Å². The highest BCUT2D eigenvalue weighted by Crippen LogP contribution is 2.34. The Morgan fingerprint density at radius 3 is 2.38 bits per heavy atom. The van der Waals surface area contributed by atoms with E-state index in [0.29, 0.717) is 0 Å². The fourth-order valence-electron chi connectivity index (χ4n) is 2.38. The van der Waals surface area contributed by atoms with E-state index in [1.54, 1.807) is 7.11 Å². The quantitative estimate of drug-likeness (QED) is 0.539. The normalized spacial score (nSPS) is 11.4. The van der Waals surface area contributed by atoms with Gasteiger partial charge in [0.1, 0.15) is 5.75 Å². The van der Waals surface area contributed by atoms with Crippen molar-refractivity contribution in [2.24, 2.45) is 0 Å². The molecular formula is C17H17Br2ClO. The van der Waals surface area contributed by atoms with Crippen molar-refractivity contribution < 1.29 is 4.74 Å². The van der Waals surface area contributed by atoms with Crippen molar-refractivity contribution in [2.75, 3.05) is 17.8 Å². The predicted molar refractivity (Wildman–Crippen MR) is 97.4 cm³/mol. The van der Waals surface area contributed by atoms with E-state index >= 15 is 0 Å². The zero-order chi connectivity index (χ0) is 15.3. The minimum Gasteiger partial charge on any atom is -0.497 e. The summed E-state index contributed by atoms with van der Waals surface area (Å²) < 4.78 is 5.32. The largest absolute Gasteiger partial charge is 0.497 e. The molecule has 0 saturated heterocycles. The minimum absolute atomic E-state index is 0.0444. The van der Waals surface area contributed by atoms with Crippen LogP contribution < -0.4 is 4.74 Å². The topological polar surface area (TPSA) is 9.23 Å². The molecule has 112 valence electrons. The van der Waals surface area contributed by atoms with Crippen LogP contribution in [0.4, 0.5) is 0 Å². The lowest BCUT2D eigenvalue weighted by Gasteiger charge is -2.31. The Balaban J connectivity index is 2.38. The standard InChI is InChI=1S/C17H17Br2ClO/c1-21-16-7-2-4-13(8-16)10-17(11-18,12-19)14-5-3-6-15(20)9-14/h2-9H,10-12H2,1H3. The Morgan fingerprint density at radius 2 is 1.76 bits per heavy atom. The minimum atomic E-state index is -0.0444. The smallest absolute Gasteiger partial charge is 0.119 e. The molecule has 0 atom stereocenters. The molecule has 0 N–H and O–H groups in total. The van der Waals surface area contributed by atoms with Crippen molar-refractivity contribution in [3.05, 3.63) is 64.7 Å². The zero-order valence-corrected chi connectivity index (χ0v) is 15.7. The average molecular weight is 433 g/mol. The number of benzene rings is 2. The van der Waals surface area contributed by atoms with Crippen molar-refractivity contribution in [1.82, 2.24) is 0 Å². The summed E-state index contributed by atoms with van der Waals surface area (Å²) in [6.07, 6.45) is 0.904. The fraction of sp³-hybridized carbons (Fsp3) is 0.294. The number of alkyl halides is 2. The van der Waals surface area contributed by atoms with Gasteiger partial charge in [0.2, 0.25) is 0 Å². The van der Waals surface area contributed by atoms with Gasteiger partial charge in [0.15, 0.2) is 0 Å². The fourth-order valence-corrected chi connectivity index (χ4v) is 4.54. The van der Waals surface area contributed by atoms with E-state index in [2.05, 4.69) is 50.1 Å². The van der Waals surface area contributed by atoms with Crippen molar-refractivity contribution in [2.45, 2.75) is 11.8 Å². The number of hydrogen-bond donors (Lipinski definition) is 0. The Hall–Kier alpha value is -0.510. The molecule has 0 unspecified atom stereocenters. The van der Waals surface area contributed by atoms with Gasteiger partial charge in [-0.1, -0.05) is 67.7 Å². The SMILES string of the molecule is COc1cccc(CC(CBr)(CBr)c2cccc(Cl)c2)c1. The summed E-state index contributed by atoms with van der Waals surface area (Å²) in [4.78, 5) is 0. The van der Waals surface area contributed by atoms with Crippen molar-refractivity contribution in [3.63, 3.8) is 0 Å². The summed E-state index contributed by atoms with van der Waals surface area (Å²) in [5, 5.41) is 2.47. The lowest BCUT2D eigenvalue weighted by atomic mass is 9.79. The second-order valence-electron chi connectivity index (χ2n) is 5.09. The van der Waals surface area contributed by atoms with Crippen molar-refractivity contribution >= 4 is 43.5 Å². The Kier molecular flexibility index (Phi) is 6.15. The van der Waals surface area contributed by atoms with Crippen LogP contribution in [0, 0.1) is 0 Å². The summed E-state index contributed by atoms with van der Waals surface area (Å²) in [6.45, 7) is 0. The third-order valence-electron chi connectivity index (χ3n) is 3.63. The number of ether oxygens (including phenoxy) is 1.